The van der Waals surface area contributed by atoms with Crippen LogP contribution in [0.4, 0.5) is 0 Å². The Morgan fingerprint density at radius 3 is 2.74 bits per heavy atom. The Morgan fingerprint density at radius 1 is 1.32 bits per heavy atom. The Kier molecular flexibility index (Phi) is 5.29. The van der Waals surface area contributed by atoms with Gasteiger partial charge in [0.2, 0.25) is 0 Å². The van der Waals surface area contributed by atoms with Crippen LogP contribution in [0.15, 0.2) is 53.3 Å². The maximum atomic E-state index is 3.89. The zero-order chi connectivity index (χ0) is 13.7. The van der Waals surface area contributed by atoms with Crippen molar-refractivity contribution in [1.29, 1.82) is 0 Å². The van der Waals surface area contributed by atoms with Crippen molar-refractivity contribution in [2.24, 2.45) is 5.92 Å². The topological polar surface area (TPSA) is 0 Å². The number of thiophene rings is 1. The molecule has 2 aromatic rings. The molecule has 0 aliphatic carbocycles. The monoisotopic (exact) mass is 288 g/mol. The lowest BCUT2D eigenvalue weighted by Gasteiger charge is -2.03. The zero-order valence-corrected chi connectivity index (χ0v) is 13.2. The first-order valence-corrected chi connectivity index (χ1v) is 8.43. The molecule has 0 nitrogen and oxygen atoms in total. The molecule has 1 atom stereocenters. The van der Waals surface area contributed by atoms with Crippen LogP contribution >= 0.6 is 23.1 Å². The summed E-state index contributed by atoms with van der Waals surface area (Å²) in [5.74, 6) is 1.59. The number of thioether (sulfide) groups is 1. The van der Waals surface area contributed by atoms with Crippen LogP contribution in [0.5, 0.6) is 0 Å². The molecule has 0 bridgehead atoms. The third-order valence-corrected chi connectivity index (χ3v) is 5.60. The van der Waals surface area contributed by atoms with Gasteiger partial charge in [-0.15, -0.1) is 29.7 Å². The fourth-order valence-corrected chi connectivity index (χ4v) is 4.64. The molecule has 0 amide bonds. The van der Waals surface area contributed by atoms with Crippen molar-refractivity contribution in [1.82, 2.24) is 0 Å². The summed E-state index contributed by atoms with van der Waals surface area (Å²) in [6.45, 7) is 8.20. The van der Waals surface area contributed by atoms with E-state index >= 15 is 0 Å². The van der Waals surface area contributed by atoms with Crippen molar-refractivity contribution < 1.29 is 0 Å². The van der Waals surface area contributed by atoms with E-state index in [0.29, 0.717) is 5.92 Å². The van der Waals surface area contributed by atoms with Crippen molar-refractivity contribution in [3.63, 3.8) is 0 Å². The molecule has 100 valence electrons. The Bertz CT molecular complexity index is 578. The predicted molar refractivity (Wildman–Crippen MR) is 90.4 cm³/mol. The van der Waals surface area contributed by atoms with Gasteiger partial charge in [-0.3, -0.25) is 0 Å². The first-order valence-electron chi connectivity index (χ1n) is 6.63. The van der Waals surface area contributed by atoms with E-state index in [9.17, 15) is 0 Å². The molecule has 0 aliphatic rings. The van der Waals surface area contributed by atoms with Gasteiger partial charge in [-0.25, -0.2) is 0 Å². The Hall–Kier alpha value is -0.990. The van der Waals surface area contributed by atoms with Crippen LogP contribution in [0.1, 0.15) is 18.7 Å². The van der Waals surface area contributed by atoms with E-state index in [-0.39, 0.29) is 0 Å². The normalized spacial score (nSPS) is 13.2. The van der Waals surface area contributed by atoms with Crippen LogP contribution in [0, 0.1) is 5.92 Å². The summed E-state index contributed by atoms with van der Waals surface area (Å²) in [6.07, 6.45) is 7.47. The molecule has 19 heavy (non-hydrogen) atoms. The van der Waals surface area contributed by atoms with Gasteiger partial charge in [0.05, 0.1) is 4.21 Å². The molecule has 0 radical (unpaired) electrons. The second-order valence-electron chi connectivity index (χ2n) is 4.66. The molecule has 0 aliphatic heterocycles. The minimum absolute atomic E-state index is 0.537. The second kappa shape index (κ2) is 6.97. The number of benzene rings is 1. The van der Waals surface area contributed by atoms with E-state index in [1.54, 1.807) is 0 Å². The van der Waals surface area contributed by atoms with Gasteiger partial charge in [-0.1, -0.05) is 49.4 Å². The van der Waals surface area contributed by atoms with E-state index in [1.807, 2.05) is 29.2 Å². The van der Waals surface area contributed by atoms with E-state index < -0.39 is 0 Å². The Balaban J connectivity index is 2.33. The third-order valence-electron chi connectivity index (χ3n) is 3.12. The van der Waals surface area contributed by atoms with Crippen molar-refractivity contribution in [3.8, 4) is 0 Å². The molecular weight excluding hydrogens is 268 g/mol. The molecule has 1 aromatic heterocycles. The highest BCUT2D eigenvalue weighted by molar-refractivity contribution is 8.01. The molecule has 0 saturated carbocycles. The minimum atomic E-state index is 0.537. The van der Waals surface area contributed by atoms with Gasteiger partial charge < -0.3 is 0 Å². The summed E-state index contributed by atoms with van der Waals surface area (Å²) in [4.78, 5) is 1.49. The summed E-state index contributed by atoms with van der Waals surface area (Å²) in [5, 5.41) is 2.83. The molecule has 2 heteroatoms. The number of hydrogen-bond acceptors (Lipinski definition) is 2. The van der Waals surface area contributed by atoms with E-state index in [1.165, 1.54) is 19.9 Å². The van der Waals surface area contributed by atoms with Gasteiger partial charge in [0.1, 0.15) is 0 Å². The van der Waals surface area contributed by atoms with E-state index in [4.69, 9.17) is 0 Å². The van der Waals surface area contributed by atoms with Crippen LogP contribution in [-0.2, 0) is 6.42 Å². The van der Waals surface area contributed by atoms with E-state index in [0.717, 1.165) is 12.2 Å². The van der Waals surface area contributed by atoms with Gasteiger partial charge in [0, 0.05) is 16.0 Å². The van der Waals surface area contributed by atoms with Crippen LogP contribution < -0.4 is 0 Å². The van der Waals surface area contributed by atoms with Gasteiger partial charge in [0.15, 0.2) is 0 Å². The molecule has 2 rings (SSSR count). The molecular formula is C17H20S2. The lowest BCUT2D eigenvalue weighted by atomic mass is 10.0. The number of rotatable bonds is 6. The number of hydrogen-bond donors (Lipinski definition) is 0. The largest absolute Gasteiger partial charge is 0.133 e. The standard InChI is InChI=1S/C17H20S2/c1-4-6-11-18-17-15-10-8-7-9-14(15)16(19-17)12-13(3)5-2/h4-10,13H,2,11-12H2,1,3H3. The molecule has 0 spiro atoms. The second-order valence-corrected chi connectivity index (χ2v) is 7.05. The zero-order valence-electron chi connectivity index (χ0n) is 11.6. The van der Waals surface area contributed by atoms with Crippen molar-refractivity contribution in [3.05, 3.63) is 53.9 Å². The Morgan fingerprint density at radius 2 is 2.05 bits per heavy atom. The highest BCUT2D eigenvalue weighted by atomic mass is 32.2. The van der Waals surface area contributed by atoms with Crippen molar-refractivity contribution in [2.75, 3.05) is 5.75 Å². The van der Waals surface area contributed by atoms with Gasteiger partial charge in [0.25, 0.3) is 0 Å². The van der Waals surface area contributed by atoms with E-state index in [2.05, 4.69) is 56.8 Å². The number of allylic oxidation sites excluding steroid dienone is 2. The van der Waals surface area contributed by atoms with Crippen LogP contribution in [0.2, 0.25) is 0 Å². The molecule has 1 aromatic carbocycles. The fraction of sp³-hybridized carbons (Fsp3) is 0.294. The predicted octanol–water partition coefficient (Wildman–Crippen LogP) is 5.93. The maximum Gasteiger partial charge on any atom is 0.0683 e. The lowest BCUT2D eigenvalue weighted by molar-refractivity contribution is 0.738. The van der Waals surface area contributed by atoms with Crippen LogP contribution in [0.3, 0.4) is 0 Å². The number of fused-ring (bicyclic) bond motifs is 1. The fourth-order valence-electron chi connectivity index (χ4n) is 1.98. The maximum absolute atomic E-state index is 3.89. The first-order chi connectivity index (χ1) is 9.26. The highest BCUT2D eigenvalue weighted by Crippen LogP contribution is 2.39. The SMILES string of the molecule is C=CC(C)Cc1sc(SCC=CC)c2ccccc12. The van der Waals surface area contributed by atoms with Crippen LogP contribution in [-0.4, -0.2) is 5.75 Å². The average molecular weight is 288 g/mol. The molecule has 1 heterocycles. The van der Waals surface area contributed by atoms with Gasteiger partial charge in [-0.2, -0.15) is 0 Å². The molecule has 1 unspecified atom stereocenters. The highest BCUT2D eigenvalue weighted by Gasteiger charge is 2.12. The summed E-state index contributed by atoms with van der Waals surface area (Å²) in [6, 6.07) is 8.76. The quantitative estimate of drug-likeness (QED) is 0.468. The minimum Gasteiger partial charge on any atom is -0.133 e. The molecule has 0 saturated heterocycles. The third kappa shape index (κ3) is 3.52. The lowest BCUT2D eigenvalue weighted by Crippen LogP contribution is -1.92. The van der Waals surface area contributed by atoms with Gasteiger partial charge >= 0.3 is 0 Å². The van der Waals surface area contributed by atoms with Gasteiger partial charge in [-0.05, 0) is 24.6 Å². The Labute approximate surface area is 124 Å². The molecule has 0 fully saturated rings. The first kappa shape index (κ1) is 14.4. The summed E-state index contributed by atoms with van der Waals surface area (Å²) < 4.78 is 1.44. The van der Waals surface area contributed by atoms with Crippen LogP contribution in [0.25, 0.3) is 10.8 Å². The van der Waals surface area contributed by atoms with Crippen molar-refractivity contribution in [2.45, 2.75) is 24.5 Å². The smallest absolute Gasteiger partial charge is 0.0683 e. The summed E-state index contributed by atoms with van der Waals surface area (Å²) in [5.41, 5.74) is 0. The summed E-state index contributed by atoms with van der Waals surface area (Å²) in [7, 11) is 0. The van der Waals surface area contributed by atoms with Crippen molar-refractivity contribution >= 4 is 33.9 Å². The molecule has 0 N–H and O–H groups in total. The average Bonchev–Trinajstić information content (AvgIpc) is 2.78. The summed E-state index contributed by atoms with van der Waals surface area (Å²) >= 11 is 3.88.